The minimum atomic E-state index is 0.323. The summed E-state index contributed by atoms with van der Waals surface area (Å²) in [5, 5.41) is 18.2. The van der Waals surface area contributed by atoms with Crippen molar-refractivity contribution in [3.8, 4) is 11.5 Å². The van der Waals surface area contributed by atoms with Crippen LogP contribution in [-0.2, 0) is 12.8 Å². The van der Waals surface area contributed by atoms with E-state index in [9.17, 15) is 5.11 Å². The number of hydrogen-bond donors (Lipinski definition) is 2. The first-order valence-electron chi connectivity index (χ1n) is 10.3. The van der Waals surface area contributed by atoms with E-state index in [2.05, 4.69) is 24.3 Å². The maximum Gasteiger partial charge on any atom is 0.119 e. The summed E-state index contributed by atoms with van der Waals surface area (Å²) >= 11 is 0. The summed E-state index contributed by atoms with van der Waals surface area (Å²) in [5.74, 6) is 1.28. The first-order valence-corrected chi connectivity index (χ1v) is 10.3. The van der Waals surface area contributed by atoms with Crippen molar-refractivity contribution in [1.29, 1.82) is 0 Å². The highest BCUT2D eigenvalue weighted by Crippen LogP contribution is 2.19. The molecular formula is C24H34O3. The number of hydrogen-bond acceptors (Lipinski definition) is 3. The molecule has 2 aromatic rings. The molecule has 148 valence electrons. The molecule has 27 heavy (non-hydrogen) atoms. The summed E-state index contributed by atoms with van der Waals surface area (Å²) in [7, 11) is 0. The van der Waals surface area contributed by atoms with Crippen molar-refractivity contribution in [1.82, 2.24) is 0 Å². The van der Waals surface area contributed by atoms with E-state index >= 15 is 0 Å². The lowest BCUT2D eigenvalue weighted by molar-refractivity contribution is 0.281. The predicted molar refractivity (Wildman–Crippen MR) is 112 cm³/mol. The van der Waals surface area contributed by atoms with Crippen molar-refractivity contribution >= 4 is 0 Å². The molecule has 0 unspecified atom stereocenters. The van der Waals surface area contributed by atoms with Crippen LogP contribution in [0.25, 0.3) is 0 Å². The summed E-state index contributed by atoms with van der Waals surface area (Å²) < 4.78 is 5.84. The van der Waals surface area contributed by atoms with Crippen molar-refractivity contribution in [3.63, 3.8) is 0 Å². The quantitative estimate of drug-likeness (QED) is 0.452. The van der Waals surface area contributed by atoms with Crippen LogP contribution in [-0.4, -0.2) is 23.4 Å². The SMILES string of the molecule is Cc1cc(O)ccc1CCc1ccc(OCCCCCCCCCO)cc1. The van der Waals surface area contributed by atoms with Crippen molar-refractivity contribution in [3.05, 3.63) is 59.2 Å². The van der Waals surface area contributed by atoms with Crippen molar-refractivity contribution in [2.24, 2.45) is 0 Å². The second-order valence-corrected chi connectivity index (χ2v) is 7.30. The number of aliphatic hydroxyl groups is 1. The fourth-order valence-corrected chi connectivity index (χ4v) is 3.28. The third kappa shape index (κ3) is 8.49. The number of rotatable bonds is 13. The molecule has 0 atom stereocenters. The predicted octanol–water partition coefficient (Wildman–Crippen LogP) is 5.59. The van der Waals surface area contributed by atoms with Gasteiger partial charge in [0.2, 0.25) is 0 Å². The van der Waals surface area contributed by atoms with Crippen LogP contribution in [0.1, 0.15) is 61.6 Å². The van der Waals surface area contributed by atoms with Gasteiger partial charge in [-0.2, -0.15) is 0 Å². The average molecular weight is 371 g/mol. The Kier molecular flexibility index (Phi) is 9.78. The van der Waals surface area contributed by atoms with Crippen LogP contribution < -0.4 is 4.74 Å². The van der Waals surface area contributed by atoms with Crippen LogP contribution >= 0.6 is 0 Å². The second kappa shape index (κ2) is 12.4. The molecule has 0 aliphatic heterocycles. The Hall–Kier alpha value is -2.00. The van der Waals surface area contributed by atoms with Gasteiger partial charge in [0.1, 0.15) is 11.5 Å². The molecule has 2 N–H and O–H groups in total. The van der Waals surface area contributed by atoms with E-state index in [1.54, 1.807) is 6.07 Å². The Balaban J connectivity index is 1.61. The number of aromatic hydroxyl groups is 1. The highest BCUT2D eigenvalue weighted by molar-refractivity contribution is 5.35. The summed E-state index contributed by atoms with van der Waals surface area (Å²) in [6, 6.07) is 14.0. The van der Waals surface area contributed by atoms with Gasteiger partial charge in [-0.1, -0.05) is 50.3 Å². The zero-order valence-electron chi connectivity index (χ0n) is 16.6. The average Bonchev–Trinajstić information content (AvgIpc) is 2.67. The third-order valence-electron chi connectivity index (χ3n) is 5.00. The molecule has 0 aliphatic carbocycles. The Morgan fingerprint density at radius 1 is 0.778 bits per heavy atom. The molecule has 0 heterocycles. The Labute approximate surface area is 164 Å². The Morgan fingerprint density at radius 3 is 2.11 bits per heavy atom. The number of benzene rings is 2. The molecule has 0 saturated heterocycles. The molecule has 0 saturated carbocycles. The van der Waals surface area contributed by atoms with Gasteiger partial charge in [0.15, 0.2) is 0 Å². The minimum absolute atomic E-state index is 0.323. The monoisotopic (exact) mass is 370 g/mol. The van der Waals surface area contributed by atoms with Crippen molar-refractivity contribution in [2.75, 3.05) is 13.2 Å². The molecular weight excluding hydrogens is 336 g/mol. The number of aryl methyl sites for hydroxylation is 3. The molecule has 0 aliphatic rings. The third-order valence-corrected chi connectivity index (χ3v) is 5.00. The fraction of sp³-hybridized carbons (Fsp3) is 0.500. The number of phenolic OH excluding ortho intramolecular Hbond substituents is 1. The minimum Gasteiger partial charge on any atom is -0.508 e. The van der Waals surface area contributed by atoms with Gasteiger partial charge in [-0.15, -0.1) is 0 Å². The van der Waals surface area contributed by atoms with Crippen LogP contribution in [0, 0.1) is 6.92 Å². The summed E-state index contributed by atoms with van der Waals surface area (Å²) in [4.78, 5) is 0. The van der Waals surface area contributed by atoms with Gasteiger partial charge >= 0.3 is 0 Å². The van der Waals surface area contributed by atoms with Crippen LogP contribution in [0.4, 0.5) is 0 Å². The lowest BCUT2D eigenvalue weighted by Gasteiger charge is -2.09. The molecule has 0 fully saturated rings. The molecule has 0 radical (unpaired) electrons. The van der Waals surface area contributed by atoms with Gasteiger partial charge in [-0.25, -0.2) is 0 Å². The maximum atomic E-state index is 9.49. The number of unbranched alkanes of at least 4 members (excludes halogenated alkanes) is 6. The summed E-state index contributed by atoms with van der Waals surface area (Å²) in [5.41, 5.74) is 3.73. The number of aliphatic hydroxyl groups excluding tert-OH is 1. The van der Waals surface area contributed by atoms with Gasteiger partial charge < -0.3 is 14.9 Å². The molecule has 2 rings (SSSR count). The molecule has 0 bridgehead atoms. The first-order chi connectivity index (χ1) is 13.2. The van der Waals surface area contributed by atoms with E-state index in [-0.39, 0.29) is 0 Å². The largest absolute Gasteiger partial charge is 0.508 e. The van der Waals surface area contributed by atoms with Gasteiger partial charge in [0.05, 0.1) is 6.61 Å². The summed E-state index contributed by atoms with van der Waals surface area (Å²) in [6.07, 6.45) is 10.1. The highest BCUT2D eigenvalue weighted by atomic mass is 16.5. The molecule has 2 aromatic carbocycles. The van der Waals surface area contributed by atoms with E-state index in [1.807, 2.05) is 19.1 Å². The number of ether oxygens (including phenoxy) is 1. The molecule has 0 aromatic heterocycles. The van der Waals surface area contributed by atoms with E-state index in [1.165, 1.54) is 36.8 Å². The molecule has 0 spiro atoms. The Morgan fingerprint density at radius 2 is 1.44 bits per heavy atom. The van der Waals surface area contributed by atoms with Crippen LogP contribution in [0.3, 0.4) is 0 Å². The van der Waals surface area contributed by atoms with E-state index in [0.29, 0.717) is 12.4 Å². The standard InChI is InChI=1S/C24H34O3/c1-20-19-23(26)14-13-22(20)12-9-21-10-15-24(16-11-21)27-18-8-6-4-2-3-5-7-17-25/h10-11,13-16,19,25-26H,2-9,12,17-18H2,1H3. The fourth-order valence-electron chi connectivity index (χ4n) is 3.28. The maximum absolute atomic E-state index is 9.49. The summed E-state index contributed by atoms with van der Waals surface area (Å²) in [6.45, 7) is 3.15. The van der Waals surface area contributed by atoms with E-state index < -0.39 is 0 Å². The van der Waals surface area contributed by atoms with Crippen molar-refractivity contribution in [2.45, 2.75) is 64.7 Å². The lowest BCUT2D eigenvalue weighted by Crippen LogP contribution is -1.98. The zero-order chi connectivity index (χ0) is 19.3. The normalized spacial score (nSPS) is 10.9. The molecule has 0 amide bonds. The number of phenols is 1. The molecule has 3 nitrogen and oxygen atoms in total. The highest BCUT2D eigenvalue weighted by Gasteiger charge is 2.02. The van der Waals surface area contributed by atoms with Crippen LogP contribution in [0.2, 0.25) is 0 Å². The zero-order valence-corrected chi connectivity index (χ0v) is 16.6. The van der Waals surface area contributed by atoms with Crippen LogP contribution in [0.15, 0.2) is 42.5 Å². The second-order valence-electron chi connectivity index (χ2n) is 7.30. The van der Waals surface area contributed by atoms with Gasteiger partial charge in [-0.05, 0) is 73.6 Å². The lowest BCUT2D eigenvalue weighted by atomic mass is 10.0. The van der Waals surface area contributed by atoms with Crippen molar-refractivity contribution < 1.29 is 14.9 Å². The van der Waals surface area contributed by atoms with Gasteiger partial charge in [0, 0.05) is 6.61 Å². The van der Waals surface area contributed by atoms with Gasteiger partial charge in [-0.3, -0.25) is 0 Å². The van der Waals surface area contributed by atoms with Crippen LogP contribution in [0.5, 0.6) is 11.5 Å². The van der Waals surface area contributed by atoms with Gasteiger partial charge in [0.25, 0.3) is 0 Å². The molecule has 3 heteroatoms. The Bertz CT molecular complexity index is 649. The smallest absolute Gasteiger partial charge is 0.119 e. The topological polar surface area (TPSA) is 49.7 Å². The van der Waals surface area contributed by atoms with E-state index in [4.69, 9.17) is 9.84 Å². The first kappa shape index (κ1) is 21.3. The van der Waals surface area contributed by atoms with E-state index in [0.717, 1.165) is 50.0 Å².